The van der Waals surface area contributed by atoms with Gasteiger partial charge in [0.1, 0.15) is 0 Å². The zero-order valence-corrected chi connectivity index (χ0v) is 47.8. The van der Waals surface area contributed by atoms with Crippen LogP contribution in [0.3, 0.4) is 0 Å². The molecular weight excluding hydrogens is 953 g/mol. The van der Waals surface area contributed by atoms with Crippen LogP contribution in [0.4, 0.5) is 0 Å². The molecule has 1 atom stereocenters. The monoisotopic (exact) mass is 1030 g/mol. The highest BCUT2D eigenvalue weighted by molar-refractivity contribution is 7.59. The van der Waals surface area contributed by atoms with Gasteiger partial charge < -0.3 is 0 Å². The van der Waals surface area contributed by atoms with Crippen LogP contribution in [0, 0.1) is 13.8 Å². The smallest absolute Gasteiger partial charge is 0.154 e. The molecule has 392 valence electrons. The molecule has 0 N–H and O–H groups in total. The van der Waals surface area contributed by atoms with Crippen LogP contribution in [0.2, 0.25) is 0 Å². The first kappa shape index (κ1) is 59.9. The number of rotatable bonds is 9. The predicted octanol–water partition coefficient (Wildman–Crippen LogP) is 20.4. The minimum atomic E-state index is 0. The lowest BCUT2D eigenvalue weighted by Gasteiger charge is -2.17. The van der Waals surface area contributed by atoms with Crippen molar-refractivity contribution in [3.8, 4) is 44.5 Å². The van der Waals surface area contributed by atoms with Gasteiger partial charge in [-0.25, -0.2) is 4.99 Å². The second kappa shape index (κ2) is 31.8. The summed E-state index contributed by atoms with van der Waals surface area (Å²) in [6.07, 6.45) is 22.8. The summed E-state index contributed by atoms with van der Waals surface area (Å²) >= 11 is 0. The molecule has 1 aliphatic carbocycles. The van der Waals surface area contributed by atoms with Crippen molar-refractivity contribution in [3.63, 3.8) is 0 Å². The lowest BCUT2D eigenvalue weighted by molar-refractivity contribution is 0.819. The van der Waals surface area contributed by atoms with Gasteiger partial charge in [-0.05, 0) is 180 Å². The van der Waals surface area contributed by atoms with E-state index in [1.54, 1.807) is 12.4 Å². The molecule has 0 spiro atoms. The number of benzene rings is 7. The maximum Gasteiger partial charge on any atom is 0.154 e. The summed E-state index contributed by atoms with van der Waals surface area (Å²) in [7, 11) is 0. The summed E-state index contributed by atoms with van der Waals surface area (Å²) in [5.74, 6) is 0.687. The van der Waals surface area contributed by atoms with Crippen LogP contribution in [0.1, 0.15) is 113 Å². The van der Waals surface area contributed by atoms with E-state index in [1.807, 2.05) is 112 Å². The fourth-order valence-corrected chi connectivity index (χ4v) is 8.68. The first-order valence-corrected chi connectivity index (χ1v) is 26.9. The molecule has 0 saturated heterocycles. The van der Waals surface area contributed by atoms with Crippen molar-refractivity contribution in [2.45, 2.75) is 94.0 Å². The highest BCUT2D eigenvalue weighted by Crippen LogP contribution is 2.39. The van der Waals surface area contributed by atoms with E-state index in [9.17, 15) is 0 Å². The van der Waals surface area contributed by atoms with Gasteiger partial charge >= 0.3 is 0 Å². The Kier molecular flexibility index (Phi) is 24.7. The number of allylic oxidation sites excluding steroid dienone is 5. The number of aliphatic imine (C=N–C) groups is 2. The zero-order valence-electron chi connectivity index (χ0n) is 46.8. The molecular formula is C72H78N4S. The standard InChI is InChI=1S/C42H35N.C16H16N2.C6H7N.C4H10.C4H8.H2S/c1-4-30-23-37(26-38(24-30)35-12-7-11-34(25-35)36-13-8-22-43-27-36)31-15-17-32(18-16-31)39-20-14-29(3)42-40(39)21-19-33-10-6-5-9-28(2)41(33)42;1-13(14-9-5-3-6-10-14)18-16(17-2)15-11-7-4-8-12-15;1-6-2-4-7-5-3-6;2*1-3-4-2;/h6-27H,4-5H2,1-3H3;3-13H,2H2,1H3;2-5H,1H3;3-4H2,1-2H3;3-4H,1-2H3;1H2/b;;;;4-3-;. The van der Waals surface area contributed by atoms with Crippen LogP contribution < -0.4 is 0 Å². The highest BCUT2D eigenvalue weighted by Gasteiger charge is 2.16. The first-order chi connectivity index (χ1) is 37.1. The molecule has 1 aliphatic rings. The molecule has 7 aromatic carbocycles. The Bertz CT molecular complexity index is 3330. The molecule has 5 heteroatoms. The molecule has 9 aromatic rings. The van der Waals surface area contributed by atoms with Crippen molar-refractivity contribution in [1.29, 1.82) is 0 Å². The van der Waals surface area contributed by atoms with Gasteiger partial charge in [0, 0.05) is 35.9 Å². The second-order valence-electron chi connectivity index (χ2n) is 18.8. The third-order valence-electron chi connectivity index (χ3n) is 13.3. The summed E-state index contributed by atoms with van der Waals surface area (Å²) < 4.78 is 0. The van der Waals surface area contributed by atoms with E-state index in [0.29, 0.717) is 5.84 Å². The minimum absolute atomic E-state index is 0. The van der Waals surface area contributed by atoms with Gasteiger partial charge in [0.25, 0.3) is 0 Å². The van der Waals surface area contributed by atoms with Crippen LogP contribution >= 0.6 is 13.5 Å². The average molecular weight is 1030 g/mol. The normalized spacial score (nSPS) is 11.8. The van der Waals surface area contributed by atoms with E-state index in [2.05, 4.69) is 196 Å². The van der Waals surface area contributed by atoms with Crippen LogP contribution in [-0.4, -0.2) is 22.5 Å². The SMILES string of the molecule is C/C=C\C.C=NC(=NC(C)c1ccccc1)c1ccccc1.CCCC.CCc1cc(-c2ccc(-c3ccc(C)c4c5c(ccc34)C=CCC=C5C)cc2)cc(-c2cccc(-c3cccnc3)c2)c1.Cc1ccncc1.S. The molecule has 4 nitrogen and oxygen atoms in total. The van der Waals surface area contributed by atoms with Gasteiger partial charge in [0.05, 0.1) is 6.04 Å². The van der Waals surface area contributed by atoms with Gasteiger partial charge in [-0.3, -0.25) is 15.0 Å². The maximum atomic E-state index is 4.62. The summed E-state index contributed by atoms with van der Waals surface area (Å²) in [6.45, 7) is 22.8. The quantitative estimate of drug-likeness (QED) is 0.0822. The van der Waals surface area contributed by atoms with E-state index >= 15 is 0 Å². The van der Waals surface area contributed by atoms with Crippen molar-refractivity contribution >= 4 is 48.5 Å². The molecule has 0 amide bonds. The molecule has 1 unspecified atom stereocenters. The third-order valence-corrected chi connectivity index (χ3v) is 13.3. The molecule has 2 heterocycles. The maximum absolute atomic E-state index is 4.62. The third kappa shape index (κ3) is 17.3. The number of fused-ring (bicyclic) bond motifs is 3. The molecule has 0 aliphatic heterocycles. The van der Waals surface area contributed by atoms with Gasteiger partial charge in [-0.15, -0.1) is 0 Å². The van der Waals surface area contributed by atoms with Crippen molar-refractivity contribution in [2.24, 2.45) is 9.98 Å². The zero-order chi connectivity index (χ0) is 54.1. The lowest BCUT2D eigenvalue weighted by Crippen LogP contribution is -2.00. The summed E-state index contributed by atoms with van der Waals surface area (Å²) in [5, 5.41) is 2.69. The van der Waals surface area contributed by atoms with E-state index < -0.39 is 0 Å². The fourth-order valence-electron chi connectivity index (χ4n) is 8.68. The van der Waals surface area contributed by atoms with Gasteiger partial charge in [-0.1, -0.05) is 210 Å². The first-order valence-electron chi connectivity index (χ1n) is 26.9. The predicted molar refractivity (Wildman–Crippen MR) is 343 cm³/mol. The second-order valence-corrected chi connectivity index (χ2v) is 18.8. The molecule has 0 bridgehead atoms. The number of amidine groups is 1. The Morgan fingerprint density at radius 1 is 0.597 bits per heavy atom. The van der Waals surface area contributed by atoms with Gasteiger partial charge in [0.15, 0.2) is 5.84 Å². The fraction of sp³-hybridized carbons (Fsp3) is 0.194. The van der Waals surface area contributed by atoms with Crippen molar-refractivity contribution in [1.82, 2.24) is 9.97 Å². The van der Waals surface area contributed by atoms with E-state index in [1.165, 1.54) is 102 Å². The van der Waals surface area contributed by atoms with Crippen LogP contribution in [0.5, 0.6) is 0 Å². The van der Waals surface area contributed by atoms with E-state index in [0.717, 1.165) is 24.0 Å². The summed E-state index contributed by atoms with van der Waals surface area (Å²) in [5.41, 5.74) is 19.9. The Morgan fingerprint density at radius 2 is 1.21 bits per heavy atom. The number of unbranched alkanes of at least 4 members (excludes halogenated alkanes) is 1. The van der Waals surface area contributed by atoms with Crippen LogP contribution in [-0.2, 0) is 6.42 Å². The molecule has 0 fully saturated rings. The van der Waals surface area contributed by atoms with Crippen molar-refractivity contribution in [3.05, 3.63) is 264 Å². The Hall–Kier alpha value is -7.99. The number of aryl methyl sites for hydroxylation is 3. The highest BCUT2D eigenvalue weighted by atomic mass is 32.1. The van der Waals surface area contributed by atoms with E-state index in [4.69, 9.17) is 0 Å². The van der Waals surface area contributed by atoms with Crippen molar-refractivity contribution in [2.75, 3.05) is 0 Å². The number of pyridine rings is 2. The summed E-state index contributed by atoms with van der Waals surface area (Å²) in [6, 6.07) is 62.3. The largest absolute Gasteiger partial charge is 0.265 e. The van der Waals surface area contributed by atoms with Crippen molar-refractivity contribution < 1.29 is 0 Å². The van der Waals surface area contributed by atoms with Crippen LogP contribution in [0.25, 0.3) is 66.9 Å². The molecule has 0 radical (unpaired) electrons. The number of hydrogen-bond acceptors (Lipinski definition) is 3. The number of hydrogen-bond donors (Lipinski definition) is 0. The minimum Gasteiger partial charge on any atom is -0.265 e. The molecule has 2 aromatic heterocycles. The Morgan fingerprint density at radius 3 is 1.79 bits per heavy atom. The topological polar surface area (TPSA) is 50.5 Å². The number of nitrogens with zero attached hydrogens (tertiary/aromatic N) is 4. The Balaban J connectivity index is 0.000000263. The average Bonchev–Trinajstić information content (AvgIpc) is 3.72. The summed E-state index contributed by atoms with van der Waals surface area (Å²) in [4.78, 5) is 16.8. The van der Waals surface area contributed by atoms with Gasteiger partial charge in [0.2, 0.25) is 0 Å². The van der Waals surface area contributed by atoms with Gasteiger partial charge in [-0.2, -0.15) is 13.5 Å². The van der Waals surface area contributed by atoms with Crippen LogP contribution in [0.15, 0.2) is 235 Å². The molecule has 0 saturated carbocycles. The molecule has 10 rings (SSSR count). The lowest BCUT2D eigenvalue weighted by atomic mass is 9.87. The Labute approximate surface area is 468 Å². The van der Waals surface area contributed by atoms with E-state index in [-0.39, 0.29) is 19.5 Å². The number of aromatic nitrogens is 2. The molecule has 77 heavy (non-hydrogen) atoms.